The van der Waals surface area contributed by atoms with Gasteiger partial charge in [-0.15, -0.1) is 11.6 Å². The minimum absolute atomic E-state index is 0.213. The van der Waals surface area contributed by atoms with Crippen LogP contribution in [0.4, 0.5) is 4.39 Å². The van der Waals surface area contributed by atoms with Gasteiger partial charge in [0.15, 0.2) is 5.82 Å². The molecule has 0 saturated carbocycles. The summed E-state index contributed by atoms with van der Waals surface area (Å²) in [6, 6.07) is 1.86. The first-order valence-corrected chi connectivity index (χ1v) is 7.09. The third-order valence-corrected chi connectivity index (χ3v) is 3.88. The Morgan fingerprint density at radius 1 is 1.60 bits per heavy atom. The molecule has 106 valence electrons. The van der Waals surface area contributed by atoms with Gasteiger partial charge in [0, 0.05) is 0 Å². The first-order chi connectivity index (χ1) is 9.63. The fourth-order valence-electron chi connectivity index (χ4n) is 2.73. The summed E-state index contributed by atoms with van der Waals surface area (Å²) in [4.78, 5) is 18.9. The summed E-state index contributed by atoms with van der Waals surface area (Å²) in [5.74, 6) is -0.146. The molecule has 0 radical (unpaired) electrons. The smallest absolute Gasteiger partial charge is 0.309 e. The number of aromatic nitrogens is 2. The SMILES string of the molecule is CCOC(=O)C1Cc2cc3[nH]c(CCl)nc3c(F)c2C1. The van der Waals surface area contributed by atoms with E-state index in [2.05, 4.69) is 9.97 Å². The minimum atomic E-state index is -0.350. The van der Waals surface area contributed by atoms with E-state index in [1.807, 2.05) is 6.07 Å². The van der Waals surface area contributed by atoms with Gasteiger partial charge in [-0.25, -0.2) is 9.37 Å². The van der Waals surface area contributed by atoms with Gasteiger partial charge in [-0.1, -0.05) is 0 Å². The Bertz CT molecular complexity index is 683. The van der Waals surface area contributed by atoms with Crippen molar-refractivity contribution in [3.05, 3.63) is 28.8 Å². The highest BCUT2D eigenvalue weighted by atomic mass is 35.5. The Morgan fingerprint density at radius 3 is 3.10 bits per heavy atom. The molecular weight excluding hydrogens is 283 g/mol. The van der Waals surface area contributed by atoms with Crippen LogP contribution in [0.25, 0.3) is 11.0 Å². The standard InChI is InChI=1S/C14H14ClFN2O2/c1-2-20-14(19)8-3-7-5-10-13(12(16)9(7)4-8)18-11(6-15)17-10/h5,8H,2-4,6H2,1H3,(H,17,18). The van der Waals surface area contributed by atoms with Crippen molar-refractivity contribution in [2.75, 3.05) is 6.61 Å². The topological polar surface area (TPSA) is 55.0 Å². The molecule has 1 aromatic carbocycles. The van der Waals surface area contributed by atoms with Crippen LogP contribution in [0, 0.1) is 11.7 Å². The first-order valence-electron chi connectivity index (χ1n) is 6.55. The van der Waals surface area contributed by atoms with Crippen molar-refractivity contribution in [1.29, 1.82) is 0 Å². The molecule has 2 aromatic rings. The Kier molecular flexibility index (Phi) is 3.38. The van der Waals surface area contributed by atoms with Crippen LogP contribution in [0.15, 0.2) is 6.07 Å². The molecule has 0 saturated heterocycles. The number of carbonyl (C=O) groups excluding carboxylic acids is 1. The van der Waals surface area contributed by atoms with Gasteiger partial charge in [-0.3, -0.25) is 4.79 Å². The maximum Gasteiger partial charge on any atom is 0.309 e. The van der Waals surface area contributed by atoms with Gasteiger partial charge < -0.3 is 9.72 Å². The first kappa shape index (κ1) is 13.4. The number of hydrogen-bond donors (Lipinski definition) is 1. The maximum atomic E-state index is 14.5. The molecule has 0 amide bonds. The molecule has 20 heavy (non-hydrogen) atoms. The molecule has 1 heterocycles. The van der Waals surface area contributed by atoms with Crippen molar-refractivity contribution in [2.45, 2.75) is 25.6 Å². The monoisotopic (exact) mass is 296 g/mol. The average Bonchev–Trinajstić information content (AvgIpc) is 3.03. The lowest BCUT2D eigenvalue weighted by atomic mass is 10.1. The van der Waals surface area contributed by atoms with Gasteiger partial charge in [0.2, 0.25) is 0 Å². The van der Waals surface area contributed by atoms with E-state index in [4.69, 9.17) is 16.3 Å². The number of benzene rings is 1. The fraction of sp³-hybridized carbons (Fsp3) is 0.429. The highest BCUT2D eigenvalue weighted by Crippen LogP contribution is 2.33. The molecule has 1 atom stereocenters. The summed E-state index contributed by atoms with van der Waals surface area (Å²) in [5, 5.41) is 0. The summed E-state index contributed by atoms with van der Waals surface area (Å²) >= 11 is 5.70. The van der Waals surface area contributed by atoms with Crippen LogP contribution in [0.2, 0.25) is 0 Å². The van der Waals surface area contributed by atoms with Gasteiger partial charge in [0.05, 0.1) is 23.9 Å². The largest absolute Gasteiger partial charge is 0.466 e. The van der Waals surface area contributed by atoms with Crippen LogP contribution in [-0.4, -0.2) is 22.5 Å². The fourth-order valence-corrected chi connectivity index (χ4v) is 2.86. The van der Waals surface area contributed by atoms with E-state index in [1.165, 1.54) is 0 Å². The van der Waals surface area contributed by atoms with Crippen molar-refractivity contribution < 1.29 is 13.9 Å². The second-order valence-corrected chi connectivity index (χ2v) is 5.17. The Morgan fingerprint density at radius 2 is 2.40 bits per heavy atom. The van der Waals surface area contributed by atoms with Gasteiger partial charge in [-0.2, -0.15) is 0 Å². The minimum Gasteiger partial charge on any atom is -0.466 e. The second-order valence-electron chi connectivity index (χ2n) is 4.90. The predicted molar refractivity (Wildman–Crippen MR) is 73.1 cm³/mol. The highest BCUT2D eigenvalue weighted by Gasteiger charge is 2.32. The molecule has 1 N–H and O–H groups in total. The molecule has 6 heteroatoms. The summed E-state index contributed by atoms with van der Waals surface area (Å²) in [7, 11) is 0. The normalized spacial score (nSPS) is 17.4. The summed E-state index contributed by atoms with van der Waals surface area (Å²) < 4.78 is 19.5. The zero-order valence-corrected chi connectivity index (χ0v) is 11.8. The molecular formula is C14H14ClFN2O2. The lowest BCUT2D eigenvalue weighted by molar-refractivity contribution is -0.147. The molecule has 3 rings (SSSR count). The van der Waals surface area contributed by atoms with Crippen molar-refractivity contribution in [3.8, 4) is 0 Å². The van der Waals surface area contributed by atoms with E-state index in [0.717, 1.165) is 5.56 Å². The number of imidazole rings is 1. The summed E-state index contributed by atoms with van der Waals surface area (Å²) in [5.41, 5.74) is 2.34. The number of H-pyrrole nitrogens is 1. The van der Waals surface area contributed by atoms with Crippen molar-refractivity contribution in [1.82, 2.24) is 9.97 Å². The molecule has 1 aromatic heterocycles. The number of hydrogen-bond acceptors (Lipinski definition) is 3. The van der Waals surface area contributed by atoms with Gasteiger partial charge in [-0.05, 0) is 37.0 Å². The average molecular weight is 297 g/mol. The quantitative estimate of drug-likeness (QED) is 0.700. The zero-order valence-electron chi connectivity index (χ0n) is 11.0. The van der Waals surface area contributed by atoms with Crippen LogP contribution < -0.4 is 0 Å². The number of esters is 1. The van der Waals surface area contributed by atoms with E-state index < -0.39 is 0 Å². The number of rotatable bonds is 3. The number of alkyl halides is 1. The predicted octanol–water partition coefficient (Wildman–Crippen LogP) is 2.72. The van der Waals surface area contributed by atoms with Crippen molar-refractivity contribution >= 4 is 28.6 Å². The van der Waals surface area contributed by atoms with Crippen molar-refractivity contribution in [3.63, 3.8) is 0 Å². The lowest BCUT2D eigenvalue weighted by Crippen LogP contribution is -2.17. The third kappa shape index (κ3) is 2.06. The summed E-state index contributed by atoms with van der Waals surface area (Å²) in [6.45, 7) is 2.11. The molecule has 1 unspecified atom stereocenters. The van der Waals surface area contributed by atoms with E-state index in [9.17, 15) is 9.18 Å². The van der Waals surface area contributed by atoms with Gasteiger partial charge in [0.1, 0.15) is 11.3 Å². The molecule has 1 aliphatic carbocycles. The molecule has 0 bridgehead atoms. The van der Waals surface area contributed by atoms with Crippen LogP contribution in [0.5, 0.6) is 0 Å². The van der Waals surface area contributed by atoms with E-state index in [0.29, 0.717) is 41.9 Å². The molecule has 4 nitrogen and oxygen atoms in total. The van der Waals surface area contributed by atoms with Crippen LogP contribution in [0.3, 0.4) is 0 Å². The third-order valence-electron chi connectivity index (χ3n) is 3.62. The summed E-state index contributed by atoms with van der Waals surface area (Å²) in [6.07, 6.45) is 0.884. The Labute approximate surface area is 120 Å². The zero-order chi connectivity index (χ0) is 14.3. The molecule has 1 aliphatic rings. The molecule has 0 spiro atoms. The molecule has 0 fully saturated rings. The number of nitrogens with one attached hydrogen (secondary N) is 1. The van der Waals surface area contributed by atoms with E-state index in [1.54, 1.807) is 6.92 Å². The Balaban J connectivity index is 1.98. The van der Waals surface area contributed by atoms with Crippen LogP contribution in [-0.2, 0) is 28.3 Å². The number of carbonyl (C=O) groups is 1. The highest BCUT2D eigenvalue weighted by molar-refractivity contribution is 6.16. The second kappa shape index (κ2) is 5.05. The number of halogens is 2. The molecule has 0 aliphatic heterocycles. The number of ether oxygens (including phenoxy) is 1. The number of aromatic amines is 1. The van der Waals surface area contributed by atoms with E-state index >= 15 is 0 Å². The van der Waals surface area contributed by atoms with Crippen LogP contribution >= 0.6 is 11.6 Å². The maximum absolute atomic E-state index is 14.5. The van der Waals surface area contributed by atoms with Gasteiger partial charge >= 0.3 is 5.97 Å². The lowest BCUT2D eigenvalue weighted by Gasteiger charge is -2.06. The van der Waals surface area contributed by atoms with Crippen LogP contribution in [0.1, 0.15) is 23.9 Å². The van der Waals surface area contributed by atoms with Crippen molar-refractivity contribution in [2.24, 2.45) is 5.92 Å². The Hall–Kier alpha value is -1.62. The van der Waals surface area contributed by atoms with Gasteiger partial charge in [0.25, 0.3) is 0 Å². The van der Waals surface area contributed by atoms with E-state index in [-0.39, 0.29) is 23.6 Å². The number of fused-ring (bicyclic) bond motifs is 2. The number of nitrogens with zero attached hydrogens (tertiary/aromatic N) is 1.